The Bertz CT molecular complexity index is 1080. The molecule has 28 heavy (non-hydrogen) atoms. The Balaban J connectivity index is 1.68. The lowest BCUT2D eigenvalue weighted by molar-refractivity contribution is -0.113. The molecule has 0 aliphatic carbocycles. The third-order valence-electron chi connectivity index (χ3n) is 3.98. The van der Waals surface area contributed by atoms with Gasteiger partial charge in [0.2, 0.25) is 5.91 Å². The summed E-state index contributed by atoms with van der Waals surface area (Å²) in [5, 5.41) is 11.5. The molecule has 7 nitrogen and oxygen atoms in total. The smallest absolute Gasteiger partial charge is 0.234 e. The summed E-state index contributed by atoms with van der Waals surface area (Å²) >= 11 is 1.26. The molecule has 1 amide bonds. The Morgan fingerprint density at radius 1 is 1.07 bits per heavy atom. The highest BCUT2D eigenvalue weighted by atomic mass is 32.2. The van der Waals surface area contributed by atoms with Gasteiger partial charge < -0.3 is 9.88 Å². The van der Waals surface area contributed by atoms with E-state index < -0.39 is 9.84 Å². The molecule has 0 unspecified atom stereocenters. The van der Waals surface area contributed by atoms with Gasteiger partial charge in [0.15, 0.2) is 15.0 Å². The molecule has 0 atom stereocenters. The van der Waals surface area contributed by atoms with E-state index in [1.165, 1.54) is 17.8 Å². The Hall–Kier alpha value is -2.65. The topological polar surface area (TPSA) is 94.0 Å². The number of aromatic nitrogens is 3. The first-order valence-corrected chi connectivity index (χ1v) is 11.4. The van der Waals surface area contributed by atoms with E-state index in [9.17, 15) is 13.2 Å². The van der Waals surface area contributed by atoms with Crippen LogP contribution in [0.1, 0.15) is 11.4 Å². The fourth-order valence-electron chi connectivity index (χ4n) is 2.63. The lowest BCUT2D eigenvalue weighted by Crippen LogP contribution is -2.17. The van der Waals surface area contributed by atoms with E-state index in [0.717, 1.165) is 17.6 Å². The Morgan fingerprint density at radius 3 is 2.46 bits per heavy atom. The first kappa shape index (κ1) is 20.1. The average Bonchev–Trinajstić information content (AvgIpc) is 3.00. The molecule has 0 aliphatic heterocycles. The minimum atomic E-state index is -3.43. The van der Waals surface area contributed by atoms with Gasteiger partial charge in [-0.3, -0.25) is 4.79 Å². The molecule has 2 aromatic carbocycles. The van der Waals surface area contributed by atoms with E-state index in [-0.39, 0.29) is 22.2 Å². The van der Waals surface area contributed by atoms with Gasteiger partial charge in [-0.25, -0.2) is 8.42 Å². The van der Waals surface area contributed by atoms with Crippen molar-refractivity contribution in [1.82, 2.24) is 14.8 Å². The molecular formula is C19H20N4O3S2. The van der Waals surface area contributed by atoms with Crippen LogP contribution in [0.2, 0.25) is 0 Å². The Kier molecular flexibility index (Phi) is 6.15. The van der Waals surface area contributed by atoms with Gasteiger partial charge in [-0.2, -0.15) is 0 Å². The van der Waals surface area contributed by atoms with Crippen LogP contribution in [0.4, 0.5) is 5.69 Å². The van der Waals surface area contributed by atoms with Crippen molar-refractivity contribution in [2.75, 3.05) is 17.3 Å². The number of nitrogens with one attached hydrogen (secondary N) is 1. The van der Waals surface area contributed by atoms with E-state index in [1.54, 1.807) is 18.2 Å². The van der Waals surface area contributed by atoms with E-state index in [2.05, 4.69) is 15.5 Å². The van der Waals surface area contributed by atoms with Crippen molar-refractivity contribution in [1.29, 1.82) is 0 Å². The summed E-state index contributed by atoms with van der Waals surface area (Å²) in [6, 6.07) is 16.3. The second-order valence-corrected chi connectivity index (χ2v) is 9.13. The zero-order valence-electron chi connectivity index (χ0n) is 15.5. The number of para-hydroxylation sites is 1. The lowest BCUT2D eigenvalue weighted by Gasteiger charge is -2.10. The van der Waals surface area contributed by atoms with Gasteiger partial charge in [-0.15, -0.1) is 10.2 Å². The number of aryl methyl sites for hydroxylation is 1. The third kappa shape index (κ3) is 4.99. The minimum absolute atomic E-state index is 0.0883. The van der Waals surface area contributed by atoms with Crippen molar-refractivity contribution in [2.45, 2.75) is 23.5 Å². The van der Waals surface area contributed by atoms with Gasteiger partial charge in [0.1, 0.15) is 5.82 Å². The molecule has 146 valence electrons. The van der Waals surface area contributed by atoms with Gasteiger partial charge in [0.05, 0.1) is 22.9 Å². The molecule has 0 fully saturated rings. The van der Waals surface area contributed by atoms with E-state index in [4.69, 9.17) is 0 Å². The number of hydrogen-bond donors (Lipinski definition) is 1. The van der Waals surface area contributed by atoms with E-state index in [0.29, 0.717) is 11.7 Å². The zero-order chi connectivity index (χ0) is 20.1. The highest BCUT2D eigenvalue weighted by molar-refractivity contribution is 7.99. The maximum Gasteiger partial charge on any atom is 0.234 e. The number of sulfone groups is 1. The molecule has 0 saturated carbocycles. The van der Waals surface area contributed by atoms with Crippen molar-refractivity contribution in [2.24, 2.45) is 0 Å². The summed E-state index contributed by atoms with van der Waals surface area (Å²) in [7, 11) is -3.43. The zero-order valence-corrected chi connectivity index (χ0v) is 17.1. The van der Waals surface area contributed by atoms with E-state index in [1.807, 2.05) is 41.8 Å². The molecule has 1 aromatic heterocycles. The molecule has 3 rings (SSSR count). The summed E-state index contributed by atoms with van der Waals surface area (Å²) in [5.74, 6) is 0.535. The summed E-state index contributed by atoms with van der Waals surface area (Å²) in [4.78, 5) is 12.5. The summed E-state index contributed by atoms with van der Waals surface area (Å²) in [5.41, 5.74) is 1.39. The largest absolute Gasteiger partial charge is 0.324 e. The number of benzene rings is 2. The van der Waals surface area contributed by atoms with Crippen LogP contribution in [0.15, 0.2) is 64.6 Å². The molecular weight excluding hydrogens is 396 g/mol. The van der Waals surface area contributed by atoms with Crippen LogP contribution in [0, 0.1) is 6.92 Å². The van der Waals surface area contributed by atoms with Crippen LogP contribution in [-0.4, -0.2) is 41.1 Å². The van der Waals surface area contributed by atoms with Gasteiger partial charge in [0.25, 0.3) is 0 Å². The number of amides is 1. The van der Waals surface area contributed by atoms with Crippen molar-refractivity contribution >= 4 is 33.2 Å². The van der Waals surface area contributed by atoms with Crippen LogP contribution in [-0.2, 0) is 21.2 Å². The van der Waals surface area contributed by atoms with Gasteiger partial charge >= 0.3 is 0 Å². The van der Waals surface area contributed by atoms with Crippen LogP contribution in [0.5, 0.6) is 0 Å². The first-order valence-electron chi connectivity index (χ1n) is 8.50. The summed E-state index contributed by atoms with van der Waals surface area (Å²) in [6.07, 6.45) is 1.11. The summed E-state index contributed by atoms with van der Waals surface area (Å²) in [6.45, 7) is 2.48. The normalized spacial score (nSPS) is 11.4. The quantitative estimate of drug-likeness (QED) is 0.595. The van der Waals surface area contributed by atoms with Crippen LogP contribution >= 0.6 is 11.8 Å². The number of carbonyl (C=O) groups is 1. The molecule has 1 N–H and O–H groups in total. The predicted octanol–water partition coefficient (Wildman–Crippen LogP) is 2.77. The monoisotopic (exact) mass is 416 g/mol. The fourth-order valence-corrected chi connectivity index (χ4v) is 4.25. The number of anilines is 1. The highest BCUT2D eigenvalue weighted by Crippen LogP contribution is 2.22. The molecule has 0 spiro atoms. The van der Waals surface area contributed by atoms with Gasteiger partial charge in [-0.1, -0.05) is 54.2 Å². The standard InChI is InChI=1S/C19H20N4O3S2/c1-14-21-22-19(23(14)12-15-8-4-3-5-9-15)27-13-18(24)20-16-10-6-7-11-17(16)28(2,25)26/h3-11H,12-13H2,1-2H3,(H,20,24). The van der Waals surface area contributed by atoms with Crippen LogP contribution < -0.4 is 5.32 Å². The van der Waals surface area contributed by atoms with Gasteiger partial charge in [0, 0.05) is 6.26 Å². The Labute approximate surface area is 168 Å². The van der Waals surface area contributed by atoms with Crippen molar-refractivity contribution in [3.63, 3.8) is 0 Å². The van der Waals surface area contributed by atoms with Crippen molar-refractivity contribution < 1.29 is 13.2 Å². The molecule has 9 heteroatoms. The number of rotatable bonds is 7. The second-order valence-electron chi connectivity index (χ2n) is 6.21. The SMILES string of the molecule is Cc1nnc(SCC(=O)Nc2ccccc2S(C)(=O)=O)n1Cc1ccccc1. The van der Waals surface area contributed by atoms with Crippen molar-refractivity contribution in [3.05, 3.63) is 66.0 Å². The lowest BCUT2D eigenvalue weighted by atomic mass is 10.2. The number of hydrogen-bond acceptors (Lipinski definition) is 6. The maximum atomic E-state index is 12.4. The second kappa shape index (κ2) is 8.57. The predicted molar refractivity (Wildman–Crippen MR) is 109 cm³/mol. The maximum absolute atomic E-state index is 12.4. The number of carbonyl (C=O) groups excluding carboxylic acids is 1. The number of nitrogens with zero attached hydrogens (tertiary/aromatic N) is 3. The van der Waals surface area contributed by atoms with Crippen molar-refractivity contribution in [3.8, 4) is 0 Å². The molecule has 0 aliphatic rings. The van der Waals surface area contributed by atoms with E-state index >= 15 is 0 Å². The Morgan fingerprint density at radius 2 is 1.75 bits per heavy atom. The molecule has 0 radical (unpaired) electrons. The van der Waals surface area contributed by atoms with Gasteiger partial charge in [-0.05, 0) is 24.6 Å². The fraction of sp³-hybridized carbons (Fsp3) is 0.211. The summed E-state index contributed by atoms with van der Waals surface area (Å²) < 4.78 is 25.7. The van der Waals surface area contributed by atoms with Crippen LogP contribution in [0.25, 0.3) is 0 Å². The first-order chi connectivity index (χ1) is 13.3. The number of thioether (sulfide) groups is 1. The van der Waals surface area contributed by atoms with Crippen LogP contribution in [0.3, 0.4) is 0 Å². The molecule has 1 heterocycles. The average molecular weight is 417 g/mol. The highest BCUT2D eigenvalue weighted by Gasteiger charge is 2.16. The molecule has 0 saturated heterocycles. The molecule has 0 bridgehead atoms. The third-order valence-corrected chi connectivity index (χ3v) is 6.10. The molecule has 3 aromatic rings. The minimum Gasteiger partial charge on any atom is -0.324 e.